The number of benzene rings is 2. The second-order valence-electron chi connectivity index (χ2n) is 7.44. The summed E-state index contributed by atoms with van der Waals surface area (Å²) in [5.74, 6) is 0.307. The van der Waals surface area contributed by atoms with E-state index in [2.05, 4.69) is 14.9 Å². The molecule has 156 valence electrons. The van der Waals surface area contributed by atoms with Gasteiger partial charge in [0.15, 0.2) is 0 Å². The van der Waals surface area contributed by atoms with Crippen molar-refractivity contribution >= 4 is 22.9 Å². The highest BCUT2D eigenvalue weighted by Gasteiger charge is 2.22. The van der Waals surface area contributed by atoms with Gasteiger partial charge in [-0.3, -0.25) is 9.69 Å². The van der Waals surface area contributed by atoms with E-state index in [1.54, 1.807) is 35.6 Å². The molecular formula is C23H18ClFN4OS. The number of aromatic amines is 1. The van der Waals surface area contributed by atoms with Crippen molar-refractivity contribution in [2.45, 2.75) is 19.5 Å². The molecule has 2 aromatic carbocycles. The molecule has 3 heterocycles. The van der Waals surface area contributed by atoms with Gasteiger partial charge < -0.3 is 4.98 Å². The molecule has 2 aromatic heterocycles. The Bertz CT molecular complexity index is 1280. The molecule has 0 bridgehead atoms. The van der Waals surface area contributed by atoms with Crippen LogP contribution < -0.4 is 5.56 Å². The van der Waals surface area contributed by atoms with Gasteiger partial charge in [0.2, 0.25) is 0 Å². The summed E-state index contributed by atoms with van der Waals surface area (Å²) in [7, 11) is 0. The predicted molar refractivity (Wildman–Crippen MR) is 121 cm³/mol. The highest BCUT2D eigenvalue weighted by molar-refractivity contribution is 7.09. The molecule has 4 aromatic rings. The average Bonchev–Trinajstić information content (AvgIpc) is 3.23. The monoisotopic (exact) mass is 452 g/mol. The van der Waals surface area contributed by atoms with Crippen molar-refractivity contribution in [1.29, 1.82) is 0 Å². The molecule has 5 nitrogen and oxygen atoms in total. The SMILES string of the molecule is O=c1[nH]c(-c2ccc(Cl)cc2)nc2c1CN(Cc1nc(-c3ccc(F)cc3)cs1)CC2. The molecule has 5 rings (SSSR count). The Balaban J connectivity index is 1.32. The second-order valence-corrected chi connectivity index (χ2v) is 8.82. The lowest BCUT2D eigenvalue weighted by molar-refractivity contribution is 0.241. The summed E-state index contributed by atoms with van der Waals surface area (Å²) in [6.07, 6.45) is 0.704. The zero-order valence-corrected chi connectivity index (χ0v) is 18.0. The lowest BCUT2D eigenvalue weighted by atomic mass is 10.1. The predicted octanol–water partition coefficient (Wildman–Crippen LogP) is 4.91. The molecule has 0 spiro atoms. The zero-order chi connectivity index (χ0) is 21.4. The van der Waals surface area contributed by atoms with E-state index in [0.29, 0.717) is 35.9 Å². The Morgan fingerprint density at radius 1 is 1.06 bits per heavy atom. The van der Waals surface area contributed by atoms with Gasteiger partial charge in [-0.15, -0.1) is 11.3 Å². The maximum absolute atomic E-state index is 13.1. The van der Waals surface area contributed by atoms with Crippen LogP contribution in [0.5, 0.6) is 0 Å². The molecule has 0 aliphatic carbocycles. The zero-order valence-electron chi connectivity index (χ0n) is 16.4. The average molecular weight is 453 g/mol. The fourth-order valence-corrected chi connectivity index (χ4v) is 4.66. The molecule has 31 heavy (non-hydrogen) atoms. The topological polar surface area (TPSA) is 61.9 Å². The molecule has 1 aliphatic rings. The molecule has 0 atom stereocenters. The van der Waals surface area contributed by atoms with Crippen LogP contribution in [0.1, 0.15) is 16.3 Å². The van der Waals surface area contributed by atoms with Crippen molar-refractivity contribution < 1.29 is 4.39 Å². The van der Waals surface area contributed by atoms with Crippen LogP contribution in [-0.4, -0.2) is 26.4 Å². The first-order valence-corrected chi connectivity index (χ1v) is 11.1. The van der Waals surface area contributed by atoms with E-state index in [0.717, 1.165) is 34.1 Å². The van der Waals surface area contributed by atoms with E-state index in [1.807, 2.05) is 17.5 Å². The molecule has 0 unspecified atom stereocenters. The van der Waals surface area contributed by atoms with Gasteiger partial charge in [0.25, 0.3) is 5.56 Å². The minimum Gasteiger partial charge on any atom is -0.306 e. The molecule has 1 aliphatic heterocycles. The molecule has 0 radical (unpaired) electrons. The maximum Gasteiger partial charge on any atom is 0.255 e. The summed E-state index contributed by atoms with van der Waals surface area (Å²) in [4.78, 5) is 27.2. The molecule has 1 N–H and O–H groups in total. The third-order valence-corrected chi connectivity index (χ3v) is 6.40. The summed E-state index contributed by atoms with van der Waals surface area (Å²) in [6.45, 7) is 1.99. The molecular weight excluding hydrogens is 435 g/mol. The number of fused-ring (bicyclic) bond motifs is 1. The maximum atomic E-state index is 13.1. The smallest absolute Gasteiger partial charge is 0.255 e. The number of hydrogen-bond donors (Lipinski definition) is 1. The van der Waals surface area contributed by atoms with Crippen LogP contribution in [0, 0.1) is 5.82 Å². The minimum absolute atomic E-state index is 0.106. The molecule has 0 fully saturated rings. The number of halogens is 2. The first-order chi connectivity index (χ1) is 15.0. The molecule has 0 saturated heterocycles. The van der Waals surface area contributed by atoms with Crippen molar-refractivity contribution in [3.8, 4) is 22.6 Å². The molecule has 8 heteroatoms. The lowest BCUT2D eigenvalue weighted by Gasteiger charge is -2.26. The van der Waals surface area contributed by atoms with E-state index in [4.69, 9.17) is 16.6 Å². The van der Waals surface area contributed by atoms with Crippen LogP contribution in [0.25, 0.3) is 22.6 Å². The highest BCUT2D eigenvalue weighted by atomic mass is 35.5. The van der Waals surface area contributed by atoms with Gasteiger partial charge in [-0.2, -0.15) is 0 Å². The fraction of sp³-hybridized carbons (Fsp3) is 0.174. The van der Waals surface area contributed by atoms with E-state index >= 15 is 0 Å². The van der Waals surface area contributed by atoms with E-state index < -0.39 is 0 Å². The van der Waals surface area contributed by atoms with Gasteiger partial charge in [0, 0.05) is 41.0 Å². The standard InChI is InChI=1S/C23H18ClFN4OS/c24-16-5-1-15(2-6-16)22-27-19-9-10-29(11-18(19)23(30)28-22)12-21-26-20(13-31-21)14-3-7-17(25)8-4-14/h1-8,13H,9-12H2,(H,27,28,30). The Kier molecular flexibility index (Phi) is 5.40. The Hall–Kier alpha value is -2.87. The van der Waals surface area contributed by atoms with Gasteiger partial charge in [-0.25, -0.2) is 14.4 Å². The summed E-state index contributed by atoms with van der Waals surface area (Å²) >= 11 is 7.52. The van der Waals surface area contributed by atoms with Gasteiger partial charge in [0.05, 0.1) is 23.5 Å². The Morgan fingerprint density at radius 2 is 1.81 bits per heavy atom. The summed E-state index contributed by atoms with van der Waals surface area (Å²) in [6, 6.07) is 13.6. The number of aromatic nitrogens is 3. The van der Waals surface area contributed by atoms with E-state index in [-0.39, 0.29) is 11.4 Å². The van der Waals surface area contributed by atoms with Gasteiger partial charge >= 0.3 is 0 Å². The van der Waals surface area contributed by atoms with Crippen molar-refractivity contribution in [2.24, 2.45) is 0 Å². The van der Waals surface area contributed by atoms with Crippen molar-refractivity contribution in [1.82, 2.24) is 19.9 Å². The van der Waals surface area contributed by atoms with Crippen molar-refractivity contribution in [3.63, 3.8) is 0 Å². The molecule has 0 saturated carbocycles. The number of nitrogens with zero attached hydrogens (tertiary/aromatic N) is 3. The van der Waals surface area contributed by atoms with Crippen molar-refractivity contribution in [2.75, 3.05) is 6.54 Å². The van der Waals surface area contributed by atoms with Gasteiger partial charge in [-0.1, -0.05) is 11.6 Å². The van der Waals surface area contributed by atoms with Crippen LogP contribution in [-0.2, 0) is 19.5 Å². The summed E-state index contributed by atoms with van der Waals surface area (Å²) in [5, 5.41) is 3.59. The second kappa shape index (κ2) is 8.34. The Morgan fingerprint density at radius 3 is 2.58 bits per heavy atom. The first kappa shape index (κ1) is 20.1. The third kappa shape index (κ3) is 4.30. The van der Waals surface area contributed by atoms with Gasteiger partial charge in [-0.05, 0) is 48.5 Å². The highest BCUT2D eigenvalue weighted by Crippen LogP contribution is 2.25. The van der Waals surface area contributed by atoms with Crippen LogP contribution in [0.3, 0.4) is 0 Å². The van der Waals surface area contributed by atoms with Crippen LogP contribution in [0.4, 0.5) is 4.39 Å². The fourth-order valence-electron chi connectivity index (χ4n) is 3.69. The number of nitrogens with one attached hydrogen (secondary N) is 1. The number of thiazole rings is 1. The lowest BCUT2D eigenvalue weighted by Crippen LogP contribution is -2.35. The van der Waals surface area contributed by atoms with Crippen LogP contribution >= 0.6 is 22.9 Å². The van der Waals surface area contributed by atoms with Crippen LogP contribution in [0.15, 0.2) is 58.7 Å². The van der Waals surface area contributed by atoms with E-state index in [1.165, 1.54) is 12.1 Å². The number of H-pyrrole nitrogens is 1. The largest absolute Gasteiger partial charge is 0.306 e. The first-order valence-electron chi connectivity index (χ1n) is 9.86. The quantitative estimate of drug-likeness (QED) is 0.478. The Labute approximate surface area is 187 Å². The normalized spacial score (nSPS) is 13.9. The summed E-state index contributed by atoms with van der Waals surface area (Å²) in [5.41, 5.74) is 4.01. The van der Waals surface area contributed by atoms with Crippen molar-refractivity contribution in [3.05, 3.63) is 91.4 Å². The van der Waals surface area contributed by atoms with Crippen LogP contribution in [0.2, 0.25) is 5.02 Å². The summed E-state index contributed by atoms with van der Waals surface area (Å²) < 4.78 is 13.1. The number of rotatable bonds is 4. The molecule has 0 amide bonds. The van der Waals surface area contributed by atoms with Gasteiger partial charge in [0.1, 0.15) is 16.6 Å². The van der Waals surface area contributed by atoms with E-state index in [9.17, 15) is 9.18 Å². The minimum atomic E-state index is -0.260. The number of hydrogen-bond acceptors (Lipinski definition) is 5. The third-order valence-electron chi connectivity index (χ3n) is 5.32.